The molecular weight excluding hydrogens is 463 g/mol. The number of benzene rings is 2. The molecule has 2 heterocycles. The fraction of sp³-hybridized carbons (Fsp3) is 0.400. The molecule has 0 saturated heterocycles. The van der Waals surface area contributed by atoms with Gasteiger partial charge < -0.3 is 9.67 Å². The minimum Gasteiger partial charge on any atom is -0.475 e. The third-order valence-electron chi connectivity index (χ3n) is 5.64. The molecule has 34 heavy (non-hydrogen) atoms. The predicted molar refractivity (Wildman–Crippen MR) is 127 cm³/mol. The molecule has 5 nitrogen and oxygen atoms in total. The van der Waals surface area contributed by atoms with Crippen molar-refractivity contribution in [3.05, 3.63) is 83.4 Å². The first-order valence-electron chi connectivity index (χ1n) is 11.3. The van der Waals surface area contributed by atoms with Crippen LogP contribution in [0.1, 0.15) is 55.4 Å². The molecule has 0 saturated carbocycles. The summed E-state index contributed by atoms with van der Waals surface area (Å²) < 4.78 is 33.8. The Bertz CT molecular complexity index is 1020. The molecule has 182 valence electrons. The number of carbonyl (C=O) groups is 1. The average molecular weight is 492 g/mol. The Morgan fingerprint density at radius 2 is 1.47 bits per heavy atom. The van der Waals surface area contributed by atoms with Crippen molar-refractivity contribution < 1.29 is 23.1 Å². The summed E-state index contributed by atoms with van der Waals surface area (Å²) in [4.78, 5) is 8.90. The van der Waals surface area contributed by atoms with Gasteiger partial charge >= 0.3 is 12.1 Å². The third-order valence-corrected chi connectivity index (χ3v) is 7.01. The molecule has 0 unspecified atom stereocenters. The second-order valence-electron chi connectivity index (χ2n) is 7.90. The minimum absolute atomic E-state index is 0.332. The monoisotopic (exact) mass is 491 g/mol. The Balaban J connectivity index is 0.000000406. The van der Waals surface area contributed by atoms with Crippen molar-refractivity contribution >= 4 is 17.7 Å². The molecule has 9 heteroatoms. The van der Waals surface area contributed by atoms with E-state index < -0.39 is 12.1 Å². The molecule has 4 rings (SSSR count). The standard InChI is InChI=1S/C23H27N3S.C2HF3O2/c1-2-27-23(19-13-7-5-8-14-19,20-15-9-6-10-16-20)22-25-24-21-17-11-3-4-12-18-26(21)22;3-2(4,5)1(6)7/h5-10,13-16H,2-4,11-12,17-18H2,1H3;(H,6,7). The van der Waals surface area contributed by atoms with Crippen LogP contribution in [0.25, 0.3) is 0 Å². The van der Waals surface area contributed by atoms with Crippen molar-refractivity contribution in [2.24, 2.45) is 0 Å². The van der Waals surface area contributed by atoms with Crippen LogP contribution in [0.3, 0.4) is 0 Å². The fourth-order valence-electron chi connectivity index (χ4n) is 4.14. The summed E-state index contributed by atoms with van der Waals surface area (Å²) in [5.74, 6) is 0.486. The number of aliphatic carboxylic acids is 1. The summed E-state index contributed by atoms with van der Waals surface area (Å²) in [5, 5.41) is 16.6. The Morgan fingerprint density at radius 3 is 1.97 bits per heavy atom. The first-order valence-corrected chi connectivity index (χ1v) is 12.3. The number of hydrogen-bond acceptors (Lipinski definition) is 4. The number of thioether (sulfide) groups is 1. The van der Waals surface area contributed by atoms with Crippen LogP contribution in [-0.2, 0) is 22.5 Å². The predicted octanol–water partition coefficient (Wildman–Crippen LogP) is 6.07. The summed E-state index contributed by atoms with van der Waals surface area (Å²) in [6.45, 7) is 3.25. The van der Waals surface area contributed by atoms with Gasteiger partial charge in [-0.25, -0.2) is 4.79 Å². The number of halogens is 3. The van der Waals surface area contributed by atoms with Crippen LogP contribution in [0, 0.1) is 0 Å². The fourth-order valence-corrected chi connectivity index (χ4v) is 5.46. The van der Waals surface area contributed by atoms with Crippen LogP contribution in [-0.4, -0.2) is 37.8 Å². The lowest BCUT2D eigenvalue weighted by Crippen LogP contribution is -2.31. The number of fused-ring (bicyclic) bond motifs is 1. The van der Waals surface area contributed by atoms with Gasteiger partial charge in [-0.3, -0.25) is 0 Å². The quantitative estimate of drug-likeness (QED) is 0.469. The van der Waals surface area contributed by atoms with Gasteiger partial charge in [0, 0.05) is 13.0 Å². The number of carboxylic acid groups (broad SMARTS) is 1. The third kappa shape index (κ3) is 5.81. The van der Waals surface area contributed by atoms with E-state index in [0.29, 0.717) is 0 Å². The Kier molecular flexibility index (Phi) is 8.77. The Hall–Kier alpha value is -2.81. The minimum atomic E-state index is -5.08. The van der Waals surface area contributed by atoms with Crippen molar-refractivity contribution in [3.63, 3.8) is 0 Å². The van der Waals surface area contributed by atoms with Crippen molar-refractivity contribution in [3.8, 4) is 0 Å². The van der Waals surface area contributed by atoms with Crippen molar-refractivity contribution in [1.29, 1.82) is 0 Å². The summed E-state index contributed by atoms with van der Waals surface area (Å²) >= 11 is 1.95. The molecule has 0 bridgehead atoms. The number of hydrogen-bond donors (Lipinski definition) is 1. The van der Waals surface area contributed by atoms with Crippen LogP contribution >= 0.6 is 11.8 Å². The van der Waals surface area contributed by atoms with Gasteiger partial charge in [0.25, 0.3) is 0 Å². The normalized spacial score (nSPS) is 14.2. The molecule has 0 radical (unpaired) electrons. The topological polar surface area (TPSA) is 68.0 Å². The van der Waals surface area contributed by atoms with Crippen LogP contribution < -0.4 is 0 Å². The summed E-state index contributed by atoms with van der Waals surface area (Å²) in [6, 6.07) is 21.7. The van der Waals surface area contributed by atoms with E-state index in [1.807, 2.05) is 11.8 Å². The maximum absolute atomic E-state index is 10.6. The highest BCUT2D eigenvalue weighted by molar-refractivity contribution is 8.00. The molecule has 0 spiro atoms. The zero-order valence-corrected chi connectivity index (χ0v) is 19.8. The van der Waals surface area contributed by atoms with Crippen molar-refractivity contribution in [1.82, 2.24) is 14.8 Å². The summed E-state index contributed by atoms with van der Waals surface area (Å²) in [7, 11) is 0. The Morgan fingerprint density at radius 1 is 0.941 bits per heavy atom. The van der Waals surface area contributed by atoms with E-state index in [4.69, 9.17) is 15.0 Å². The number of aryl methyl sites for hydroxylation is 1. The first-order chi connectivity index (χ1) is 16.3. The molecule has 0 fully saturated rings. The summed E-state index contributed by atoms with van der Waals surface area (Å²) in [5.41, 5.74) is 2.56. The number of nitrogens with zero attached hydrogens (tertiary/aromatic N) is 3. The van der Waals surface area contributed by atoms with E-state index in [1.54, 1.807) is 0 Å². The lowest BCUT2D eigenvalue weighted by molar-refractivity contribution is -0.192. The molecule has 0 amide bonds. The molecule has 2 aromatic carbocycles. The lowest BCUT2D eigenvalue weighted by Gasteiger charge is -2.34. The largest absolute Gasteiger partial charge is 0.490 e. The number of rotatable bonds is 5. The summed E-state index contributed by atoms with van der Waals surface area (Å²) in [6.07, 6.45) is 0.955. The van der Waals surface area contributed by atoms with E-state index in [0.717, 1.165) is 30.4 Å². The second-order valence-corrected chi connectivity index (χ2v) is 9.38. The molecule has 0 atom stereocenters. The maximum Gasteiger partial charge on any atom is 0.490 e. The van der Waals surface area contributed by atoms with Gasteiger partial charge in [-0.2, -0.15) is 13.2 Å². The maximum atomic E-state index is 10.6. The van der Waals surface area contributed by atoms with Crippen LogP contribution in [0.4, 0.5) is 13.2 Å². The average Bonchev–Trinajstić information content (AvgIpc) is 3.20. The van der Waals surface area contributed by atoms with E-state index in [1.165, 1.54) is 36.8 Å². The van der Waals surface area contributed by atoms with E-state index in [-0.39, 0.29) is 4.75 Å². The molecule has 1 aliphatic heterocycles. The highest BCUT2D eigenvalue weighted by atomic mass is 32.2. The van der Waals surface area contributed by atoms with Crippen LogP contribution in [0.2, 0.25) is 0 Å². The number of aromatic nitrogens is 3. The molecule has 0 aliphatic carbocycles. The van der Waals surface area contributed by atoms with E-state index in [9.17, 15) is 13.2 Å². The van der Waals surface area contributed by atoms with Gasteiger partial charge in [0.2, 0.25) is 0 Å². The van der Waals surface area contributed by atoms with Gasteiger partial charge in [-0.15, -0.1) is 22.0 Å². The molecule has 3 aromatic rings. The smallest absolute Gasteiger partial charge is 0.475 e. The van der Waals surface area contributed by atoms with Crippen LogP contribution in [0.15, 0.2) is 60.7 Å². The number of alkyl halides is 3. The second kappa shape index (κ2) is 11.6. The van der Waals surface area contributed by atoms with Gasteiger partial charge in [-0.1, -0.05) is 80.4 Å². The SMILES string of the molecule is CCSC(c1ccccc1)(c1ccccc1)c1nnc2n1CCCCCC2.O=C(O)C(F)(F)F. The molecule has 1 N–H and O–H groups in total. The van der Waals surface area contributed by atoms with Gasteiger partial charge in [0.1, 0.15) is 10.6 Å². The molecule has 1 aliphatic rings. The van der Waals surface area contributed by atoms with Crippen molar-refractivity contribution in [2.45, 2.75) is 56.5 Å². The van der Waals surface area contributed by atoms with Crippen molar-refractivity contribution in [2.75, 3.05) is 5.75 Å². The highest BCUT2D eigenvalue weighted by Crippen LogP contribution is 2.48. The first kappa shape index (κ1) is 25.8. The van der Waals surface area contributed by atoms with Gasteiger partial charge in [0.05, 0.1) is 0 Å². The molecule has 1 aromatic heterocycles. The van der Waals surface area contributed by atoms with E-state index in [2.05, 4.69) is 77.3 Å². The van der Waals surface area contributed by atoms with E-state index >= 15 is 0 Å². The molecular formula is C25H28F3N3O2S. The zero-order chi connectivity index (χ0) is 24.6. The Labute approximate surface area is 201 Å². The van der Waals surface area contributed by atoms with Crippen LogP contribution in [0.5, 0.6) is 0 Å². The number of carboxylic acids is 1. The highest BCUT2D eigenvalue weighted by Gasteiger charge is 2.42. The van der Waals surface area contributed by atoms with Gasteiger partial charge in [-0.05, 0) is 29.7 Å². The lowest BCUT2D eigenvalue weighted by atomic mass is 9.89. The van der Waals surface area contributed by atoms with Gasteiger partial charge in [0.15, 0.2) is 5.82 Å². The zero-order valence-electron chi connectivity index (χ0n) is 19.0.